The number of carboxylic acid groups (broad SMARTS) is 1. The minimum atomic E-state index is -1.07. The Kier molecular flexibility index (Phi) is 13.8. The molecule has 2 fully saturated rings. The summed E-state index contributed by atoms with van der Waals surface area (Å²) >= 11 is 11.6. The molecular weight excluding hydrogens is 871 g/mol. The first-order chi connectivity index (χ1) is 30.8. The van der Waals surface area contributed by atoms with E-state index in [1.165, 1.54) is 46.2 Å². The van der Waals surface area contributed by atoms with Crippen molar-refractivity contribution in [2.45, 2.75) is 38.5 Å². The van der Waals surface area contributed by atoms with Crippen LogP contribution in [0.3, 0.4) is 0 Å². The molecule has 8 rings (SSSR count). The highest BCUT2D eigenvalue weighted by Crippen LogP contribution is 2.38. The van der Waals surface area contributed by atoms with Crippen LogP contribution in [0.15, 0.2) is 97.3 Å². The molecule has 3 amide bonds. The highest BCUT2D eigenvalue weighted by atomic mass is 35.5. The van der Waals surface area contributed by atoms with Crippen LogP contribution in [0.5, 0.6) is 0 Å². The summed E-state index contributed by atoms with van der Waals surface area (Å²) < 4.78 is 28.5. The number of anilines is 4. The Morgan fingerprint density at radius 1 is 0.641 bits per heavy atom. The summed E-state index contributed by atoms with van der Waals surface area (Å²) in [6.07, 6.45) is 4.97. The molecule has 64 heavy (non-hydrogen) atoms. The number of benzene rings is 2. The Morgan fingerprint density at radius 2 is 1.05 bits per heavy atom. The first-order valence-electron chi connectivity index (χ1n) is 20.2. The van der Waals surface area contributed by atoms with Gasteiger partial charge in [-0.25, -0.2) is 18.7 Å². The zero-order valence-corrected chi connectivity index (χ0v) is 35.7. The summed E-state index contributed by atoms with van der Waals surface area (Å²) in [5, 5.41) is 29.3. The molecule has 0 saturated carbocycles. The molecule has 0 atom stereocenters. The lowest BCUT2D eigenvalue weighted by Gasteiger charge is -2.39. The van der Waals surface area contributed by atoms with E-state index < -0.39 is 46.2 Å². The number of aromatic amines is 2. The number of pyridine rings is 2. The number of piperidine rings is 2. The standard InChI is InChI=1S/C22H22ClFN6O2.C22H21ClFN5O3/c23-16-5-2-4-15(19(16)24)20(31)30-11-8-22(9-12-30,21(25)32)13-14-3-1-6-17(27-14)28-18-7-10-26-29-18;23-16-5-2-4-15(19(16)24)20(30)29-11-8-22(9-12-29,21(31)32)13-14-3-1-6-17(26-14)27-18-7-10-25-28-18/h1-7,10H,8-9,11-13H2,(H2,25,32)(H2,26,27,28,29);1-7,10H,8-9,11-13H2,(H,31,32)(H2,25,26,27,28). The number of hydrogen-bond donors (Lipinski definition) is 6. The molecule has 6 aromatic rings. The monoisotopic (exact) mass is 913 g/mol. The number of halogens is 4. The van der Waals surface area contributed by atoms with Crippen molar-refractivity contribution >= 4 is 70.2 Å². The fraction of sp³-hybridized carbons (Fsp3) is 0.273. The third-order valence-corrected chi connectivity index (χ3v) is 12.1. The van der Waals surface area contributed by atoms with E-state index in [1.807, 2.05) is 18.2 Å². The van der Waals surface area contributed by atoms with Gasteiger partial charge < -0.3 is 31.3 Å². The first-order valence-corrected chi connectivity index (χ1v) is 21.0. The van der Waals surface area contributed by atoms with Crippen LogP contribution in [0.4, 0.5) is 32.1 Å². The van der Waals surface area contributed by atoms with Crippen molar-refractivity contribution in [1.29, 1.82) is 0 Å². The number of carboxylic acids is 1. The zero-order valence-electron chi connectivity index (χ0n) is 34.2. The van der Waals surface area contributed by atoms with Crippen LogP contribution in [0, 0.1) is 22.5 Å². The lowest BCUT2D eigenvalue weighted by Crippen LogP contribution is -2.50. The fourth-order valence-corrected chi connectivity index (χ4v) is 8.20. The second-order valence-electron chi connectivity index (χ2n) is 15.6. The van der Waals surface area contributed by atoms with Crippen molar-refractivity contribution in [2.75, 3.05) is 36.8 Å². The van der Waals surface area contributed by atoms with Crippen molar-refractivity contribution < 1.29 is 33.1 Å². The van der Waals surface area contributed by atoms with Crippen LogP contribution in [-0.2, 0) is 22.4 Å². The molecular formula is C44H43Cl2F2N11O5. The Labute approximate surface area is 375 Å². The number of rotatable bonds is 12. The minimum absolute atomic E-state index is 0.0803. The van der Waals surface area contributed by atoms with Crippen LogP contribution in [0.25, 0.3) is 0 Å². The highest BCUT2D eigenvalue weighted by molar-refractivity contribution is 6.31. The number of likely N-dealkylation sites (tertiary alicyclic amines) is 2. The number of hydrogen-bond acceptors (Lipinski definition) is 10. The third-order valence-electron chi connectivity index (χ3n) is 11.5. The fourth-order valence-electron chi connectivity index (χ4n) is 7.85. The van der Waals surface area contributed by atoms with Crippen LogP contribution in [0.1, 0.15) is 57.8 Å². The zero-order chi connectivity index (χ0) is 45.4. The maximum Gasteiger partial charge on any atom is 0.310 e. The van der Waals surface area contributed by atoms with Gasteiger partial charge in [-0.1, -0.05) is 47.5 Å². The van der Waals surface area contributed by atoms with E-state index in [4.69, 9.17) is 28.9 Å². The Hall–Kier alpha value is -6.92. The van der Waals surface area contributed by atoms with Crippen LogP contribution in [0.2, 0.25) is 10.0 Å². The van der Waals surface area contributed by atoms with Gasteiger partial charge >= 0.3 is 5.97 Å². The molecule has 20 heteroatoms. The number of nitrogens with one attached hydrogen (secondary N) is 4. The quantitative estimate of drug-likeness (QED) is 0.0721. The van der Waals surface area contributed by atoms with Gasteiger partial charge in [0.25, 0.3) is 11.8 Å². The number of carbonyl (C=O) groups excluding carboxylic acids is 3. The summed E-state index contributed by atoms with van der Waals surface area (Å²) in [5.41, 5.74) is 5.02. The Bertz CT molecular complexity index is 2440. The SMILES string of the molecule is NC(=O)C1(Cc2cccc(Nc3ccn[nH]3)n2)CCN(C(=O)c2cccc(Cl)c2F)CC1.O=C(c1cccc(Cl)c1F)N1CCC(Cc2cccc(Nc3ccn[nH]3)n2)(C(=O)O)CC1. The molecule has 2 aromatic carbocycles. The number of primary amides is 1. The van der Waals surface area contributed by atoms with E-state index in [-0.39, 0.29) is 66.6 Å². The van der Waals surface area contributed by atoms with Crippen molar-refractivity contribution in [2.24, 2.45) is 16.6 Å². The van der Waals surface area contributed by atoms with Crippen molar-refractivity contribution in [3.05, 3.63) is 142 Å². The molecule has 0 spiro atoms. The molecule has 7 N–H and O–H groups in total. The predicted molar refractivity (Wildman–Crippen MR) is 234 cm³/mol. The number of nitrogens with two attached hydrogens (primary N) is 1. The van der Waals surface area contributed by atoms with Gasteiger partial charge in [0.15, 0.2) is 11.6 Å². The molecule has 2 aliphatic heterocycles. The molecule has 0 aliphatic carbocycles. The smallest absolute Gasteiger partial charge is 0.310 e. The Morgan fingerprint density at radius 3 is 1.44 bits per heavy atom. The summed E-state index contributed by atoms with van der Waals surface area (Å²) in [4.78, 5) is 62.3. The van der Waals surface area contributed by atoms with Crippen LogP contribution in [-0.4, -0.2) is 95.1 Å². The van der Waals surface area contributed by atoms with Crippen molar-refractivity contribution in [3.63, 3.8) is 0 Å². The van der Waals surface area contributed by atoms with Crippen LogP contribution >= 0.6 is 23.2 Å². The number of H-pyrrole nitrogens is 2. The second-order valence-corrected chi connectivity index (χ2v) is 16.4. The second kappa shape index (κ2) is 19.6. The number of aromatic nitrogens is 6. The number of aliphatic carboxylic acids is 1. The summed E-state index contributed by atoms with van der Waals surface area (Å²) in [6, 6.07) is 23.0. The van der Waals surface area contributed by atoms with Gasteiger partial charge in [0.05, 0.1) is 44.4 Å². The first kappa shape index (κ1) is 45.1. The lowest BCUT2D eigenvalue weighted by atomic mass is 9.74. The number of amides is 3. The average Bonchev–Trinajstić information content (AvgIpc) is 4.01. The van der Waals surface area contributed by atoms with E-state index in [2.05, 4.69) is 41.0 Å². The molecule has 2 aliphatic rings. The number of carbonyl (C=O) groups is 4. The Balaban J connectivity index is 0.000000191. The molecule has 0 bridgehead atoms. The maximum absolute atomic E-state index is 14.3. The topological polar surface area (TPSA) is 228 Å². The molecule has 6 heterocycles. The maximum atomic E-state index is 14.3. The van der Waals surface area contributed by atoms with Crippen molar-refractivity contribution in [3.8, 4) is 0 Å². The number of nitrogens with zero attached hydrogens (tertiary/aromatic N) is 6. The normalized spacial score (nSPS) is 15.4. The van der Waals surface area contributed by atoms with Gasteiger partial charge in [-0.05, 0) is 74.2 Å². The van der Waals surface area contributed by atoms with Gasteiger partial charge in [-0.15, -0.1) is 0 Å². The van der Waals surface area contributed by atoms with Gasteiger partial charge in [0.1, 0.15) is 23.3 Å². The summed E-state index contributed by atoms with van der Waals surface area (Å²) in [5.74, 6) is -1.29. The van der Waals surface area contributed by atoms with Crippen LogP contribution < -0.4 is 16.4 Å². The van der Waals surface area contributed by atoms with E-state index >= 15 is 0 Å². The van der Waals surface area contributed by atoms with Gasteiger partial charge in [-0.3, -0.25) is 29.4 Å². The largest absolute Gasteiger partial charge is 0.481 e. The summed E-state index contributed by atoms with van der Waals surface area (Å²) in [6.45, 7) is 0.950. The molecule has 0 unspecified atom stereocenters. The lowest BCUT2D eigenvalue weighted by molar-refractivity contribution is -0.151. The third kappa shape index (κ3) is 10.3. The van der Waals surface area contributed by atoms with E-state index in [1.54, 1.807) is 42.7 Å². The van der Waals surface area contributed by atoms with Gasteiger partial charge in [-0.2, -0.15) is 10.2 Å². The predicted octanol–water partition coefficient (Wildman–Crippen LogP) is 7.18. The van der Waals surface area contributed by atoms with Gasteiger partial charge in [0.2, 0.25) is 5.91 Å². The molecule has 4 aromatic heterocycles. The average molecular weight is 915 g/mol. The van der Waals surface area contributed by atoms with Crippen molar-refractivity contribution in [1.82, 2.24) is 40.2 Å². The highest BCUT2D eigenvalue weighted by Gasteiger charge is 2.44. The van der Waals surface area contributed by atoms with E-state index in [0.29, 0.717) is 53.9 Å². The molecule has 0 radical (unpaired) electrons. The summed E-state index contributed by atoms with van der Waals surface area (Å²) in [7, 11) is 0. The molecule has 332 valence electrons. The van der Waals surface area contributed by atoms with Gasteiger partial charge in [0, 0.05) is 62.5 Å². The minimum Gasteiger partial charge on any atom is -0.481 e. The van der Waals surface area contributed by atoms with E-state index in [9.17, 15) is 33.1 Å². The molecule has 16 nitrogen and oxygen atoms in total. The van der Waals surface area contributed by atoms with E-state index in [0.717, 1.165) is 0 Å². The molecule has 2 saturated heterocycles.